The maximum Gasteiger partial charge on any atom is 0.270 e. The minimum atomic E-state index is -0.527. The average Bonchev–Trinajstić information content (AvgIpc) is 2.46. The highest BCUT2D eigenvalue weighted by molar-refractivity contribution is 6.34. The summed E-state index contributed by atoms with van der Waals surface area (Å²) in [6, 6.07) is 4.13. The van der Waals surface area contributed by atoms with Crippen LogP contribution in [0.25, 0.3) is 0 Å². The van der Waals surface area contributed by atoms with Gasteiger partial charge < -0.3 is 4.90 Å². The maximum absolute atomic E-state index is 12.7. The summed E-state index contributed by atoms with van der Waals surface area (Å²) in [6.45, 7) is 8.02. The average molecular weight is 313 g/mol. The lowest BCUT2D eigenvalue weighted by Crippen LogP contribution is -2.44. The molecule has 0 aromatic heterocycles. The second kappa shape index (κ2) is 7.41. The third-order valence-electron chi connectivity index (χ3n) is 3.76. The molecule has 0 bridgehead atoms. The van der Waals surface area contributed by atoms with Crippen LogP contribution in [-0.4, -0.2) is 27.8 Å². The smallest absolute Gasteiger partial charge is 0.270 e. The second-order valence-corrected chi connectivity index (χ2v) is 5.56. The summed E-state index contributed by atoms with van der Waals surface area (Å²) in [5.74, 6) is -0.182. The molecular weight excluding hydrogens is 292 g/mol. The lowest BCUT2D eigenvalue weighted by Gasteiger charge is -2.34. The molecule has 116 valence electrons. The Bertz CT molecular complexity index is 524. The van der Waals surface area contributed by atoms with Crippen LogP contribution in [0.5, 0.6) is 0 Å². The highest BCUT2D eigenvalue weighted by Crippen LogP contribution is 2.26. The van der Waals surface area contributed by atoms with Crippen molar-refractivity contribution in [1.29, 1.82) is 0 Å². The SMILES string of the molecule is CC[C@@H](C)N(C(=O)c1ccc([N+](=O)[O-])cc1Cl)[C@H](C)CC. The molecule has 0 aliphatic heterocycles. The number of benzene rings is 1. The first-order chi connectivity index (χ1) is 9.83. The minimum absolute atomic E-state index is 0.0821. The maximum atomic E-state index is 12.7. The third-order valence-corrected chi connectivity index (χ3v) is 4.07. The van der Waals surface area contributed by atoms with Gasteiger partial charge in [0.15, 0.2) is 0 Å². The van der Waals surface area contributed by atoms with Crippen LogP contribution in [0.1, 0.15) is 50.9 Å². The van der Waals surface area contributed by atoms with Gasteiger partial charge in [-0.05, 0) is 32.8 Å². The van der Waals surface area contributed by atoms with Crippen LogP contribution in [0.15, 0.2) is 18.2 Å². The molecule has 6 heteroatoms. The summed E-state index contributed by atoms with van der Waals surface area (Å²) >= 11 is 6.06. The molecule has 0 aliphatic rings. The first kappa shape index (κ1) is 17.4. The van der Waals surface area contributed by atoms with E-state index >= 15 is 0 Å². The van der Waals surface area contributed by atoms with Gasteiger partial charge in [-0.1, -0.05) is 25.4 Å². The van der Waals surface area contributed by atoms with E-state index in [1.54, 1.807) is 4.90 Å². The molecule has 1 rings (SSSR count). The number of nitrogens with zero attached hydrogens (tertiary/aromatic N) is 2. The lowest BCUT2D eigenvalue weighted by molar-refractivity contribution is -0.384. The highest BCUT2D eigenvalue weighted by atomic mass is 35.5. The predicted molar refractivity (Wildman–Crippen MR) is 83.8 cm³/mol. The first-order valence-electron chi connectivity index (χ1n) is 7.10. The molecule has 0 spiro atoms. The number of amides is 1. The van der Waals surface area contributed by atoms with Crippen LogP contribution in [0.2, 0.25) is 5.02 Å². The molecule has 2 atom stereocenters. The normalized spacial score (nSPS) is 13.6. The van der Waals surface area contributed by atoms with E-state index in [4.69, 9.17) is 11.6 Å². The topological polar surface area (TPSA) is 63.5 Å². The summed E-state index contributed by atoms with van der Waals surface area (Å²) in [6.07, 6.45) is 1.67. The zero-order valence-electron chi connectivity index (χ0n) is 12.8. The third kappa shape index (κ3) is 3.94. The van der Waals surface area contributed by atoms with Crippen molar-refractivity contribution in [3.05, 3.63) is 38.9 Å². The van der Waals surface area contributed by atoms with E-state index in [0.717, 1.165) is 12.8 Å². The molecule has 21 heavy (non-hydrogen) atoms. The molecule has 0 aliphatic carbocycles. The fourth-order valence-electron chi connectivity index (χ4n) is 2.16. The molecule has 0 N–H and O–H groups in total. The van der Waals surface area contributed by atoms with Gasteiger partial charge in [-0.2, -0.15) is 0 Å². The van der Waals surface area contributed by atoms with E-state index < -0.39 is 4.92 Å². The number of hydrogen-bond acceptors (Lipinski definition) is 3. The molecular formula is C15H21ClN2O3. The Morgan fingerprint density at radius 3 is 2.19 bits per heavy atom. The van der Waals surface area contributed by atoms with Crippen LogP contribution in [-0.2, 0) is 0 Å². The van der Waals surface area contributed by atoms with E-state index in [9.17, 15) is 14.9 Å². The van der Waals surface area contributed by atoms with Gasteiger partial charge in [-0.15, -0.1) is 0 Å². The quantitative estimate of drug-likeness (QED) is 0.581. The Balaban J connectivity index is 3.18. The van der Waals surface area contributed by atoms with Crippen LogP contribution in [0.3, 0.4) is 0 Å². The van der Waals surface area contributed by atoms with Crippen molar-refractivity contribution in [2.75, 3.05) is 0 Å². The summed E-state index contributed by atoms with van der Waals surface area (Å²) in [7, 11) is 0. The summed E-state index contributed by atoms with van der Waals surface area (Å²) in [5.41, 5.74) is 0.193. The van der Waals surface area contributed by atoms with Crippen molar-refractivity contribution >= 4 is 23.2 Å². The van der Waals surface area contributed by atoms with Crippen LogP contribution >= 0.6 is 11.6 Å². The van der Waals surface area contributed by atoms with E-state index in [2.05, 4.69) is 0 Å². The number of nitro groups is 1. The van der Waals surface area contributed by atoms with Gasteiger partial charge in [0.2, 0.25) is 0 Å². The van der Waals surface area contributed by atoms with Gasteiger partial charge in [-0.25, -0.2) is 0 Å². The van der Waals surface area contributed by atoms with Gasteiger partial charge in [0.05, 0.1) is 15.5 Å². The lowest BCUT2D eigenvalue weighted by atomic mass is 10.1. The summed E-state index contributed by atoms with van der Waals surface area (Å²) in [4.78, 5) is 24.7. The number of non-ortho nitro benzene ring substituents is 1. The van der Waals surface area contributed by atoms with Crippen LogP contribution in [0.4, 0.5) is 5.69 Å². The fraction of sp³-hybridized carbons (Fsp3) is 0.533. The molecule has 0 unspecified atom stereocenters. The monoisotopic (exact) mass is 312 g/mol. The van der Waals surface area contributed by atoms with E-state index in [1.165, 1.54) is 18.2 Å². The minimum Gasteiger partial charge on any atom is -0.333 e. The number of rotatable bonds is 6. The zero-order valence-corrected chi connectivity index (χ0v) is 13.6. The second-order valence-electron chi connectivity index (χ2n) is 5.15. The van der Waals surface area contributed by atoms with Crippen molar-refractivity contribution in [3.8, 4) is 0 Å². The Hall–Kier alpha value is -1.62. The van der Waals surface area contributed by atoms with Crippen LogP contribution < -0.4 is 0 Å². The zero-order chi connectivity index (χ0) is 16.2. The number of hydrogen-bond donors (Lipinski definition) is 0. The fourth-order valence-corrected chi connectivity index (χ4v) is 2.41. The highest BCUT2D eigenvalue weighted by Gasteiger charge is 2.26. The van der Waals surface area contributed by atoms with E-state index in [1.807, 2.05) is 27.7 Å². The standard InChI is InChI=1S/C15H21ClN2O3/c1-5-10(3)17(11(4)6-2)15(19)13-8-7-12(18(20)21)9-14(13)16/h7-11H,5-6H2,1-4H3/t10-,11-/m1/s1. The molecule has 0 fully saturated rings. The molecule has 0 saturated carbocycles. The van der Waals surface area contributed by atoms with Gasteiger partial charge in [0.1, 0.15) is 0 Å². The van der Waals surface area contributed by atoms with Crippen molar-refractivity contribution in [3.63, 3.8) is 0 Å². The molecule has 1 aromatic rings. The van der Waals surface area contributed by atoms with Crippen molar-refractivity contribution in [2.24, 2.45) is 0 Å². The number of carbonyl (C=O) groups excluding carboxylic acids is 1. The Morgan fingerprint density at radius 2 is 1.81 bits per heavy atom. The van der Waals surface area contributed by atoms with Gasteiger partial charge in [0.25, 0.3) is 11.6 Å². The predicted octanol–water partition coefficient (Wildman–Crippen LogP) is 4.29. The van der Waals surface area contributed by atoms with Crippen molar-refractivity contribution in [2.45, 2.75) is 52.6 Å². The molecule has 1 amide bonds. The van der Waals surface area contributed by atoms with E-state index in [0.29, 0.717) is 5.56 Å². The van der Waals surface area contributed by atoms with Gasteiger partial charge >= 0.3 is 0 Å². The largest absolute Gasteiger partial charge is 0.333 e. The van der Waals surface area contributed by atoms with E-state index in [-0.39, 0.29) is 28.7 Å². The molecule has 0 radical (unpaired) electrons. The number of halogens is 1. The van der Waals surface area contributed by atoms with Gasteiger partial charge in [0, 0.05) is 24.2 Å². The van der Waals surface area contributed by atoms with Crippen molar-refractivity contribution in [1.82, 2.24) is 4.90 Å². The Labute approximate surface area is 130 Å². The number of carbonyl (C=O) groups is 1. The Kier molecular flexibility index (Phi) is 6.15. The first-order valence-corrected chi connectivity index (χ1v) is 7.47. The molecule has 5 nitrogen and oxygen atoms in total. The molecule has 0 heterocycles. The summed E-state index contributed by atoms with van der Waals surface area (Å²) < 4.78 is 0. The molecule has 1 aromatic carbocycles. The number of nitro benzene ring substituents is 1. The summed E-state index contributed by atoms with van der Waals surface area (Å²) in [5, 5.41) is 10.8. The molecule has 0 saturated heterocycles. The van der Waals surface area contributed by atoms with Crippen molar-refractivity contribution < 1.29 is 9.72 Å². The Morgan fingerprint density at radius 1 is 1.29 bits per heavy atom. The van der Waals surface area contributed by atoms with Crippen LogP contribution in [0, 0.1) is 10.1 Å². The van der Waals surface area contributed by atoms with Gasteiger partial charge in [-0.3, -0.25) is 14.9 Å².